The highest BCUT2D eigenvalue weighted by molar-refractivity contribution is 7.91. The maximum Gasteiger partial charge on any atom is 0.252 e. The minimum absolute atomic E-state index is 0. The summed E-state index contributed by atoms with van der Waals surface area (Å²) >= 11 is 1.29. The third-order valence-electron chi connectivity index (χ3n) is 2.70. The van der Waals surface area contributed by atoms with Gasteiger partial charge in [0.25, 0.3) is 10.0 Å². The van der Waals surface area contributed by atoms with E-state index in [0.717, 1.165) is 18.7 Å². The Hall–Kier alpha value is -0.140. The van der Waals surface area contributed by atoms with Gasteiger partial charge in [-0.05, 0) is 23.9 Å². The van der Waals surface area contributed by atoms with Gasteiger partial charge in [0, 0.05) is 26.2 Å². The van der Waals surface area contributed by atoms with Crippen LogP contribution in [-0.4, -0.2) is 38.9 Å². The molecule has 2 rings (SSSR count). The molecule has 0 atom stereocenters. The lowest BCUT2D eigenvalue weighted by Gasteiger charge is -2.34. The molecule has 16 heavy (non-hydrogen) atoms. The van der Waals surface area contributed by atoms with Gasteiger partial charge in [-0.25, -0.2) is 8.42 Å². The summed E-state index contributed by atoms with van der Waals surface area (Å²) < 4.78 is 26.3. The molecule has 1 aromatic rings. The summed E-state index contributed by atoms with van der Waals surface area (Å²) in [4.78, 5) is 0. The molecule has 2 heterocycles. The Labute approximate surface area is 106 Å². The number of nitrogens with one attached hydrogen (secondary N) is 1. The molecule has 1 saturated heterocycles. The van der Waals surface area contributed by atoms with Crippen LogP contribution < -0.4 is 5.32 Å². The van der Waals surface area contributed by atoms with Gasteiger partial charge < -0.3 is 5.32 Å². The summed E-state index contributed by atoms with van der Waals surface area (Å²) in [6.45, 7) is 3.33. The maximum absolute atomic E-state index is 12.2. The van der Waals surface area contributed by atoms with Crippen molar-refractivity contribution in [2.75, 3.05) is 20.1 Å². The molecular weight excluding hydrogens is 268 g/mol. The Morgan fingerprint density at radius 2 is 2.12 bits per heavy atom. The van der Waals surface area contributed by atoms with Gasteiger partial charge in [-0.15, -0.1) is 23.7 Å². The van der Waals surface area contributed by atoms with Gasteiger partial charge in [-0.1, -0.05) is 0 Å². The molecule has 1 aromatic heterocycles. The van der Waals surface area contributed by atoms with Crippen molar-refractivity contribution in [2.45, 2.75) is 17.2 Å². The van der Waals surface area contributed by atoms with E-state index < -0.39 is 10.0 Å². The molecule has 1 fully saturated rings. The van der Waals surface area contributed by atoms with Gasteiger partial charge in [-0.2, -0.15) is 4.31 Å². The van der Waals surface area contributed by atoms with Crippen LogP contribution in [0.3, 0.4) is 0 Å². The van der Waals surface area contributed by atoms with Crippen LogP contribution >= 0.6 is 23.7 Å². The molecule has 92 valence electrons. The number of likely N-dealkylation sites (N-methyl/N-ethyl adjacent to an activating group) is 1. The molecule has 1 aliphatic heterocycles. The molecule has 0 aromatic carbocycles. The van der Waals surface area contributed by atoms with Crippen molar-refractivity contribution in [1.29, 1.82) is 0 Å². The van der Waals surface area contributed by atoms with E-state index in [2.05, 4.69) is 5.32 Å². The largest absolute Gasteiger partial charge is 0.313 e. The van der Waals surface area contributed by atoms with Crippen molar-refractivity contribution < 1.29 is 8.42 Å². The quantitative estimate of drug-likeness (QED) is 0.902. The second-order valence-corrected chi connectivity index (χ2v) is 6.83. The lowest BCUT2D eigenvalue weighted by Crippen LogP contribution is -2.57. The summed E-state index contributed by atoms with van der Waals surface area (Å²) in [6.07, 6.45) is 0. The lowest BCUT2D eigenvalue weighted by atomic mass is 10.2. The van der Waals surface area contributed by atoms with E-state index in [0.29, 0.717) is 4.21 Å². The minimum Gasteiger partial charge on any atom is -0.313 e. The van der Waals surface area contributed by atoms with Gasteiger partial charge >= 0.3 is 0 Å². The number of aryl methyl sites for hydroxylation is 1. The van der Waals surface area contributed by atoms with Crippen LogP contribution in [0.5, 0.6) is 0 Å². The Kier molecular flexibility index (Phi) is 4.36. The second kappa shape index (κ2) is 5.01. The molecule has 1 aliphatic rings. The topological polar surface area (TPSA) is 49.4 Å². The molecule has 0 spiro atoms. The molecule has 4 nitrogen and oxygen atoms in total. The van der Waals surface area contributed by atoms with Crippen molar-refractivity contribution >= 4 is 33.8 Å². The summed E-state index contributed by atoms with van der Waals surface area (Å²) in [6, 6.07) is 1.95. The highest BCUT2D eigenvalue weighted by Crippen LogP contribution is 2.26. The van der Waals surface area contributed by atoms with Gasteiger partial charge in [0.15, 0.2) is 0 Å². The predicted octanol–water partition coefficient (Wildman–Crippen LogP) is 1.07. The van der Waals surface area contributed by atoms with Crippen molar-refractivity contribution in [3.63, 3.8) is 0 Å². The fourth-order valence-corrected chi connectivity index (χ4v) is 4.41. The summed E-state index contributed by atoms with van der Waals surface area (Å²) in [5.41, 5.74) is 0.833. The van der Waals surface area contributed by atoms with Crippen LogP contribution in [-0.2, 0) is 10.0 Å². The Balaban J connectivity index is 0.00000128. The molecule has 0 aliphatic carbocycles. The first kappa shape index (κ1) is 13.9. The third-order valence-corrected chi connectivity index (χ3v) is 6.28. The highest BCUT2D eigenvalue weighted by Gasteiger charge is 2.32. The summed E-state index contributed by atoms with van der Waals surface area (Å²) in [5.74, 6) is 0. The molecule has 7 heteroatoms. The summed E-state index contributed by atoms with van der Waals surface area (Å²) in [7, 11) is -1.62. The number of rotatable bonds is 3. The van der Waals surface area contributed by atoms with Crippen LogP contribution in [0.1, 0.15) is 5.56 Å². The summed E-state index contributed by atoms with van der Waals surface area (Å²) in [5, 5.41) is 4.89. The SMILES string of the molecule is Cc1ccsc1S(=O)(=O)N(C)C1CNC1.Cl. The van der Waals surface area contributed by atoms with Gasteiger partial charge in [0.05, 0.1) is 0 Å². The second-order valence-electron chi connectivity index (χ2n) is 3.72. The van der Waals surface area contributed by atoms with Crippen molar-refractivity contribution in [2.24, 2.45) is 0 Å². The molecule has 1 N–H and O–H groups in total. The first-order chi connectivity index (χ1) is 7.03. The first-order valence-electron chi connectivity index (χ1n) is 4.76. The predicted molar refractivity (Wildman–Crippen MR) is 67.9 cm³/mol. The van der Waals surface area contributed by atoms with Gasteiger partial charge in [0.2, 0.25) is 0 Å². The van der Waals surface area contributed by atoms with E-state index >= 15 is 0 Å². The minimum atomic E-state index is -3.27. The first-order valence-corrected chi connectivity index (χ1v) is 7.08. The molecular formula is C9H15ClN2O2S2. The van der Waals surface area contributed by atoms with Crippen LogP contribution in [0.25, 0.3) is 0 Å². The number of nitrogens with zero attached hydrogens (tertiary/aromatic N) is 1. The lowest BCUT2D eigenvalue weighted by molar-refractivity contribution is 0.274. The normalized spacial score (nSPS) is 16.9. The van der Waals surface area contributed by atoms with Gasteiger partial charge in [-0.3, -0.25) is 0 Å². The monoisotopic (exact) mass is 282 g/mol. The van der Waals surface area contributed by atoms with E-state index in [9.17, 15) is 8.42 Å². The Morgan fingerprint density at radius 3 is 2.50 bits per heavy atom. The Morgan fingerprint density at radius 1 is 1.50 bits per heavy atom. The molecule has 0 radical (unpaired) electrons. The van der Waals surface area contributed by atoms with E-state index in [-0.39, 0.29) is 18.4 Å². The van der Waals surface area contributed by atoms with Crippen LogP contribution in [0, 0.1) is 6.92 Å². The molecule has 0 bridgehead atoms. The smallest absolute Gasteiger partial charge is 0.252 e. The number of sulfonamides is 1. The van der Waals surface area contributed by atoms with Crippen LogP contribution in [0.2, 0.25) is 0 Å². The zero-order chi connectivity index (χ0) is 11.1. The van der Waals surface area contributed by atoms with Crippen molar-refractivity contribution in [1.82, 2.24) is 9.62 Å². The average molecular weight is 283 g/mol. The maximum atomic E-state index is 12.2. The average Bonchev–Trinajstić information content (AvgIpc) is 2.48. The van der Waals surface area contributed by atoms with Crippen LogP contribution in [0.4, 0.5) is 0 Å². The highest BCUT2D eigenvalue weighted by atomic mass is 35.5. The Bertz CT molecular complexity index is 454. The molecule has 0 unspecified atom stereocenters. The molecule has 0 amide bonds. The number of hydrogen-bond acceptors (Lipinski definition) is 4. The standard InChI is InChI=1S/C9H14N2O2S2.ClH/c1-7-3-4-14-9(7)15(12,13)11(2)8-5-10-6-8;/h3-4,8,10H,5-6H2,1-2H3;1H. The van der Waals surface area contributed by atoms with Gasteiger partial charge in [0.1, 0.15) is 4.21 Å². The van der Waals surface area contributed by atoms with E-state index in [1.807, 2.05) is 18.4 Å². The van der Waals surface area contributed by atoms with Crippen molar-refractivity contribution in [3.05, 3.63) is 17.0 Å². The van der Waals surface area contributed by atoms with Crippen LogP contribution in [0.15, 0.2) is 15.7 Å². The fraction of sp³-hybridized carbons (Fsp3) is 0.556. The van der Waals surface area contributed by atoms with Crippen molar-refractivity contribution in [3.8, 4) is 0 Å². The molecule has 0 saturated carbocycles. The zero-order valence-corrected chi connectivity index (χ0v) is 11.6. The zero-order valence-electron chi connectivity index (χ0n) is 9.13. The fourth-order valence-electron chi connectivity index (χ4n) is 1.48. The van der Waals surface area contributed by atoms with E-state index in [1.54, 1.807) is 7.05 Å². The number of hydrogen-bond donors (Lipinski definition) is 1. The number of halogens is 1. The van der Waals surface area contributed by atoms with E-state index in [1.165, 1.54) is 15.6 Å². The van der Waals surface area contributed by atoms with E-state index in [4.69, 9.17) is 0 Å². The number of thiophene rings is 1. The third kappa shape index (κ3) is 2.26.